The molecule has 2 aromatic rings. The number of hydrogen-bond donors (Lipinski definition) is 1. The van der Waals surface area contributed by atoms with Crippen molar-refractivity contribution < 1.29 is 14.6 Å². The van der Waals surface area contributed by atoms with Gasteiger partial charge in [-0.15, -0.1) is 0 Å². The second-order valence-electron chi connectivity index (χ2n) is 6.95. The summed E-state index contributed by atoms with van der Waals surface area (Å²) in [4.78, 5) is 15.0. The number of Topliss-reactive ketones (excluding diaryl/α,β-unsaturated/α-hetero) is 1. The van der Waals surface area contributed by atoms with Crippen molar-refractivity contribution in [3.63, 3.8) is 0 Å². The molecule has 0 spiro atoms. The van der Waals surface area contributed by atoms with E-state index >= 15 is 0 Å². The van der Waals surface area contributed by atoms with Crippen molar-refractivity contribution in [2.24, 2.45) is 0 Å². The molecule has 2 aromatic carbocycles. The van der Waals surface area contributed by atoms with E-state index in [1.165, 1.54) is 0 Å². The lowest BCUT2D eigenvalue weighted by Gasteiger charge is -2.22. The van der Waals surface area contributed by atoms with Crippen LogP contribution in [0.4, 0.5) is 0 Å². The molecule has 1 aliphatic rings. The van der Waals surface area contributed by atoms with Crippen LogP contribution in [0.3, 0.4) is 0 Å². The van der Waals surface area contributed by atoms with Gasteiger partial charge in [-0.05, 0) is 49.7 Å². The first-order valence-corrected chi connectivity index (χ1v) is 9.87. The van der Waals surface area contributed by atoms with Crippen LogP contribution in [0.25, 0.3) is 6.08 Å². The van der Waals surface area contributed by atoms with Gasteiger partial charge in [-0.2, -0.15) is 0 Å². The molecular formula is C24H27NO3. The van der Waals surface area contributed by atoms with Crippen molar-refractivity contribution in [2.75, 3.05) is 13.1 Å². The third-order valence-electron chi connectivity index (χ3n) is 4.71. The van der Waals surface area contributed by atoms with E-state index in [0.717, 1.165) is 31.5 Å². The highest BCUT2D eigenvalue weighted by Crippen LogP contribution is 2.39. The average molecular weight is 377 g/mol. The minimum absolute atomic E-state index is 0.147. The molecule has 1 heterocycles. The van der Waals surface area contributed by atoms with Gasteiger partial charge in [0.1, 0.15) is 11.5 Å². The van der Waals surface area contributed by atoms with Crippen molar-refractivity contribution in [1.82, 2.24) is 4.90 Å². The van der Waals surface area contributed by atoms with Gasteiger partial charge >= 0.3 is 0 Å². The maximum absolute atomic E-state index is 12.7. The smallest absolute Gasteiger partial charge is 0.231 e. The molecule has 0 atom stereocenters. The van der Waals surface area contributed by atoms with Crippen LogP contribution in [-0.4, -0.2) is 28.9 Å². The Morgan fingerprint density at radius 1 is 1.04 bits per heavy atom. The highest BCUT2D eigenvalue weighted by molar-refractivity contribution is 6.12. The van der Waals surface area contributed by atoms with Crippen LogP contribution < -0.4 is 4.74 Å². The normalized spacial score (nSPS) is 14.8. The highest BCUT2D eigenvalue weighted by atomic mass is 16.5. The number of nitrogens with zero attached hydrogens (tertiary/aromatic N) is 1. The standard InChI is InChI=1S/C24H27NO3/c1-3-15-25(16-4-2)17-20-21(26)14-13-19-23(27)22(28-24(19)20)12-8-11-18-9-6-5-7-10-18/h5-14,26H,3-4,15-17H2,1-2H3/b11-8+,22-12-. The Hall–Kier alpha value is -2.85. The number of ketones is 1. The minimum Gasteiger partial charge on any atom is -0.507 e. The van der Waals surface area contributed by atoms with E-state index in [1.807, 2.05) is 42.5 Å². The summed E-state index contributed by atoms with van der Waals surface area (Å²) in [5.41, 5.74) is 2.25. The van der Waals surface area contributed by atoms with Crippen LogP contribution in [0.2, 0.25) is 0 Å². The van der Waals surface area contributed by atoms with E-state index in [9.17, 15) is 9.90 Å². The Balaban J connectivity index is 1.84. The van der Waals surface area contributed by atoms with Gasteiger partial charge < -0.3 is 9.84 Å². The number of benzene rings is 2. The molecule has 0 aliphatic carbocycles. The molecule has 0 saturated heterocycles. The number of phenols is 1. The molecule has 0 fully saturated rings. The largest absolute Gasteiger partial charge is 0.507 e. The van der Waals surface area contributed by atoms with Crippen molar-refractivity contribution in [2.45, 2.75) is 33.2 Å². The fraction of sp³-hybridized carbons (Fsp3) is 0.292. The van der Waals surface area contributed by atoms with Gasteiger partial charge in [-0.25, -0.2) is 0 Å². The van der Waals surface area contributed by atoms with Crippen LogP contribution >= 0.6 is 0 Å². The third-order valence-corrected chi connectivity index (χ3v) is 4.71. The minimum atomic E-state index is -0.147. The second kappa shape index (κ2) is 9.38. The molecule has 4 heteroatoms. The Bertz CT molecular complexity index is 878. The van der Waals surface area contributed by atoms with Crippen LogP contribution in [0.1, 0.15) is 48.2 Å². The molecule has 4 nitrogen and oxygen atoms in total. The van der Waals surface area contributed by atoms with E-state index in [1.54, 1.807) is 18.2 Å². The van der Waals surface area contributed by atoms with Gasteiger partial charge in [0.25, 0.3) is 0 Å². The summed E-state index contributed by atoms with van der Waals surface area (Å²) >= 11 is 0. The van der Waals surface area contributed by atoms with Gasteiger partial charge in [0.2, 0.25) is 5.78 Å². The van der Waals surface area contributed by atoms with Crippen LogP contribution in [0.5, 0.6) is 11.5 Å². The Labute approximate surface area is 166 Å². The van der Waals surface area contributed by atoms with Gasteiger partial charge in [0.05, 0.1) is 11.1 Å². The average Bonchev–Trinajstić information content (AvgIpc) is 3.01. The molecule has 28 heavy (non-hydrogen) atoms. The zero-order chi connectivity index (χ0) is 19.9. The first kappa shape index (κ1) is 19.9. The van der Waals surface area contributed by atoms with E-state index in [2.05, 4.69) is 18.7 Å². The number of hydrogen-bond acceptors (Lipinski definition) is 4. The molecule has 0 amide bonds. The van der Waals surface area contributed by atoms with Crippen LogP contribution in [-0.2, 0) is 6.54 Å². The number of allylic oxidation sites excluding steroid dienone is 3. The molecule has 0 unspecified atom stereocenters. The van der Waals surface area contributed by atoms with E-state index < -0.39 is 0 Å². The summed E-state index contributed by atoms with van der Waals surface area (Å²) in [7, 11) is 0. The Morgan fingerprint density at radius 3 is 2.43 bits per heavy atom. The zero-order valence-electron chi connectivity index (χ0n) is 16.5. The fourth-order valence-electron chi connectivity index (χ4n) is 3.40. The summed E-state index contributed by atoms with van der Waals surface area (Å²) in [6, 6.07) is 13.1. The molecule has 0 aromatic heterocycles. The molecule has 0 bridgehead atoms. The first-order valence-electron chi connectivity index (χ1n) is 9.87. The van der Waals surface area contributed by atoms with E-state index in [-0.39, 0.29) is 17.3 Å². The summed E-state index contributed by atoms with van der Waals surface area (Å²) in [6.07, 6.45) is 7.49. The molecule has 0 radical (unpaired) electrons. The van der Waals surface area contributed by atoms with Gasteiger partial charge in [-0.3, -0.25) is 9.69 Å². The predicted octanol–water partition coefficient (Wildman–Crippen LogP) is 5.19. The van der Waals surface area contributed by atoms with Crippen molar-refractivity contribution in [3.05, 3.63) is 77.1 Å². The fourth-order valence-corrected chi connectivity index (χ4v) is 3.40. The lowest BCUT2D eigenvalue weighted by molar-refractivity contribution is 0.101. The quantitative estimate of drug-likeness (QED) is 0.644. The van der Waals surface area contributed by atoms with Crippen LogP contribution in [0, 0.1) is 0 Å². The molecule has 1 N–H and O–H groups in total. The number of aromatic hydroxyl groups is 1. The monoisotopic (exact) mass is 377 g/mol. The van der Waals surface area contributed by atoms with Crippen LogP contribution in [0.15, 0.2) is 60.4 Å². The maximum atomic E-state index is 12.7. The second-order valence-corrected chi connectivity index (χ2v) is 6.95. The number of carbonyl (C=O) groups excluding carboxylic acids is 1. The number of fused-ring (bicyclic) bond motifs is 1. The zero-order valence-corrected chi connectivity index (χ0v) is 16.5. The number of ether oxygens (including phenoxy) is 1. The lowest BCUT2D eigenvalue weighted by atomic mass is 10.0. The molecule has 1 aliphatic heterocycles. The highest BCUT2D eigenvalue weighted by Gasteiger charge is 2.31. The topological polar surface area (TPSA) is 49.8 Å². The summed E-state index contributed by atoms with van der Waals surface area (Å²) in [5.74, 6) is 0.796. The number of rotatable bonds is 8. The molecule has 0 saturated carbocycles. The predicted molar refractivity (Wildman–Crippen MR) is 112 cm³/mol. The van der Waals surface area contributed by atoms with E-state index in [0.29, 0.717) is 23.4 Å². The SMILES string of the molecule is CCCN(CCC)Cc1c(O)ccc2c1O/C(=C\C=C\c1ccccc1)C2=O. The van der Waals surface area contributed by atoms with Gasteiger partial charge in [0.15, 0.2) is 5.76 Å². The molecular weight excluding hydrogens is 350 g/mol. The van der Waals surface area contributed by atoms with E-state index in [4.69, 9.17) is 4.74 Å². The van der Waals surface area contributed by atoms with Gasteiger partial charge in [0, 0.05) is 6.54 Å². The summed E-state index contributed by atoms with van der Waals surface area (Å²) in [6.45, 7) is 6.72. The molecule has 146 valence electrons. The summed E-state index contributed by atoms with van der Waals surface area (Å²) in [5, 5.41) is 10.4. The van der Waals surface area contributed by atoms with Crippen molar-refractivity contribution >= 4 is 11.9 Å². The summed E-state index contributed by atoms with van der Waals surface area (Å²) < 4.78 is 5.90. The number of carbonyl (C=O) groups is 1. The third kappa shape index (κ3) is 4.52. The lowest BCUT2D eigenvalue weighted by Crippen LogP contribution is -2.25. The maximum Gasteiger partial charge on any atom is 0.231 e. The van der Waals surface area contributed by atoms with Crippen molar-refractivity contribution in [1.29, 1.82) is 0 Å². The van der Waals surface area contributed by atoms with Gasteiger partial charge in [-0.1, -0.05) is 56.3 Å². The molecule has 3 rings (SSSR count). The Kier molecular flexibility index (Phi) is 6.66. The van der Waals surface area contributed by atoms with Crippen molar-refractivity contribution in [3.8, 4) is 11.5 Å². The number of phenolic OH excluding ortho intramolecular Hbond substituents is 1. The first-order chi connectivity index (χ1) is 13.6. The Morgan fingerprint density at radius 2 is 1.75 bits per heavy atom.